The molecule has 0 radical (unpaired) electrons. The second-order valence-electron chi connectivity index (χ2n) is 6.13. The first-order chi connectivity index (χ1) is 12.1. The summed E-state index contributed by atoms with van der Waals surface area (Å²) in [6.45, 7) is 1.96. The van der Waals surface area contributed by atoms with Crippen LogP contribution in [0.15, 0.2) is 45.6 Å². The van der Waals surface area contributed by atoms with Gasteiger partial charge in [-0.25, -0.2) is 4.98 Å². The molecule has 3 N–H and O–H groups in total. The van der Waals surface area contributed by atoms with Crippen molar-refractivity contribution in [2.75, 3.05) is 12.3 Å². The Kier molecular flexibility index (Phi) is 4.07. The van der Waals surface area contributed by atoms with Crippen molar-refractivity contribution in [2.24, 2.45) is 0 Å². The van der Waals surface area contributed by atoms with Crippen molar-refractivity contribution in [2.45, 2.75) is 19.5 Å². The van der Waals surface area contributed by atoms with Crippen molar-refractivity contribution in [1.82, 2.24) is 14.9 Å². The molecule has 6 nitrogen and oxygen atoms in total. The summed E-state index contributed by atoms with van der Waals surface area (Å²) in [5.41, 5.74) is 8.70. The summed E-state index contributed by atoms with van der Waals surface area (Å²) in [5.74, 6) is 1.37. The molecular formula is C18H17ClN4O2. The van der Waals surface area contributed by atoms with Crippen LogP contribution >= 0.6 is 11.6 Å². The summed E-state index contributed by atoms with van der Waals surface area (Å²) >= 11 is 5.81. The maximum absolute atomic E-state index is 12.5. The highest BCUT2D eigenvalue weighted by Gasteiger charge is 2.22. The summed E-state index contributed by atoms with van der Waals surface area (Å²) in [4.78, 5) is 22.2. The molecule has 1 aromatic carbocycles. The quantitative estimate of drug-likeness (QED) is 0.704. The van der Waals surface area contributed by atoms with Gasteiger partial charge in [0.25, 0.3) is 5.56 Å². The number of nitrogens with zero attached hydrogens (tertiary/aromatic N) is 2. The zero-order valence-corrected chi connectivity index (χ0v) is 14.2. The van der Waals surface area contributed by atoms with Gasteiger partial charge in [-0.05, 0) is 48.0 Å². The number of furan rings is 1. The van der Waals surface area contributed by atoms with Crippen LogP contribution in [-0.2, 0) is 19.5 Å². The second kappa shape index (κ2) is 6.38. The van der Waals surface area contributed by atoms with E-state index in [0.29, 0.717) is 35.4 Å². The number of aromatic amines is 1. The Morgan fingerprint density at radius 1 is 1.24 bits per heavy atom. The fourth-order valence-corrected chi connectivity index (χ4v) is 3.21. The van der Waals surface area contributed by atoms with Crippen LogP contribution < -0.4 is 11.3 Å². The highest BCUT2D eigenvalue weighted by atomic mass is 35.5. The minimum absolute atomic E-state index is 0.0981. The molecule has 0 unspecified atom stereocenters. The molecule has 25 heavy (non-hydrogen) atoms. The van der Waals surface area contributed by atoms with E-state index < -0.39 is 0 Å². The number of halogens is 1. The summed E-state index contributed by atoms with van der Waals surface area (Å²) < 4.78 is 5.40. The molecule has 1 aliphatic rings. The van der Waals surface area contributed by atoms with Crippen LogP contribution in [0.25, 0.3) is 11.4 Å². The molecule has 128 valence electrons. The van der Waals surface area contributed by atoms with Crippen LogP contribution in [0.5, 0.6) is 0 Å². The lowest BCUT2D eigenvalue weighted by Crippen LogP contribution is -2.35. The Morgan fingerprint density at radius 3 is 2.76 bits per heavy atom. The van der Waals surface area contributed by atoms with Gasteiger partial charge in [0.05, 0.1) is 17.8 Å². The van der Waals surface area contributed by atoms with Gasteiger partial charge in [-0.15, -0.1) is 0 Å². The monoisotopic (exact) mass is 356 g/mol. The van der Waals surface area contributed by atoms with Crippen LogP contribution in [0, 0.1) is 0 Å². The van der Waals surface area contributed by atoms with Gasteiger partial charge in [0.15, 0.2) is 5.22 Å². The number of anilines is 1. The summed E-state index contributed by atoms with van der Waals surface area (Å²) in [7, 11) is 0. The summed E-state index contributed by atoms with van der Waals surface area (Å²) in [5, 5.41) is 0.375. The molecule has 0 amide bonds. The molecule has 7 heteroatoms. The number of H-pyrrole nitrogens is 1. The van der Waals surface area contributed by atoms with Gasteiger partial charge in [-0.2, -0.15) is 0 Å². The Labute approximate surface area is 149 Å². The topological polar surface area (TPSA) is 88.1 Å². The van der Waals surface area contributed by atoms with Crippen LogP contribution in [0.2, 0.25) is 5.22 Å². The Hall–Kier alpha value is -2.57. The minimum atomic E-state index is -0.0981. The van der Waals surface area contributed by atoms with Crippen molar-refractivity contribution < 1.29 is 4.42 Å². The number of rotatable bonds is 3. The zero-order valence-electron chi connectivity index (χ0n) is 13.5. The lowest BCUT2D eigenvalue weighted by atomic mass is 10.1. The Balaban J connectivity index is 1.59. The number of nitrogens with one attached hydrogen (secondary N) is 1. The standard InChI is InChI=1S/C18H17ClN4O2/c19-16-6-5-13(25-16)9-23-8-7-15-14(10-23)18(24)22-17(21-15)11-1-3-12(20)4-2-11/h1-6H,7-10,20H2,(H,21,22,24). The van der Waals surface area contributed by atoms with Crippen LogP contribution in [-0.4, -0.2) is 21.4 Å². The van der Waals surface area contributed by atoms with Crippen molar-refractivity contribution in [1.29, 1.82) is 0 Å². The molecule has 0 bridgehead atoms. The number of aromatic nitrogens is 2. The third-order valence-corrected chi connectivity index (χ3v) is 4.54. The third kappa shape index (κ3) is 3.31. The first kappa shape index (κ1) is 15.9. The van der Waals surface area contributed by atoms with E-state index in [-0.39, 0.29) is 5.56 Å². The molecule has 0 saturated heterocycles. The molecule has 2 aromatic heterocycles. The Bertz CT molecular complexity index is 962. The van der Waals surface area contributed by atoms with E-state index in [9.17, 15) is 4.79 Å². The molecule has 0 fully saturated rings. The molecule has 1 aliphatic heterocycles. The van der Waals surface area contributed by atoms with Gasteiger partial charge in [0.1, 0.15) is 11.6 Å². The molecule has 0 aliphatic carbocycles. The first-order valence-electron chi connectivity index (χ1n) is 8.03. The molecule has 0 spiro atoms. The Morgan fingerprint density at radius 2 is 2.04 bits per heavy atom. The normalized spacial score (nSPS) is 14.4. The molecule has 3 aromatic rings. The average molecular weight is 357 g/mol. The predicted molar refractivity (Wildman–Crippen MR) is 96.2 cm³/mol. The van der Waals surface area contributed by atoms with E-state index >= 15 is 0 Å². The second-order valence-corrected chi connectivity index (χ2v) is 6.50. The zero-order chi connectivity index (χ0) is 17.4. The minimum Gasteiger partial charge on any atom is -0.448 e. The van der Waals surface area contributed by atoms with Gasteiger partial charge < -0.3 is 15.1 Å². The van der Waals surface area contributed by atoms with E-state index in [1.54, 1.807) is 18.2 Å². The number of nitrogens with two attached hydrogens (primary N) is 1. The third-order valence-electron chi connectivity index (χ3n) is 4.34. The number of hydrogen-bond acceptors (Lipinski definition) is 5. The lowest BCUT2D eigenvalue weighted by molar-refractivity contribution is 0.222. The molecule has 4 rings (SSSR count). The highest BCUT2D eigenvalue weighted by Crippen LogP contribution is 2.22. The molecule has 3 heterocycles. The van der Waals surface area contributed by atoms with E-state index in [0.717, 1.165) is 30.0 Å². The smallest absolute Gasteiger partial charge is 0.255 e. The van der Waals surface area contributed by atoms with Crippen LogP contribution in [0.1, 0.15) is 17.0 Å². The van der Waals surface area contributed by atoms with Crippen molar-refractivity contribution in [3.63, 3.8) is 0 Å². The van der Waals surface area contributed by atoms with E-state index in [1.165, 1.54) is 0 Å². The number of hydrogen-bond donors (Lipinski definition) is 2. The van der Waals surface area contributed by atoms with Gasteiger partial charge in [0.2, 0.25) is 0 Å². The summed E-state index contributed by atoms with van der Waals surface area (Å²) in [6.07, 6.45) is 0.718. The molecule has 0 atom stereocenters. The van der Waals surface area contributed by atoms with Gasteiger partial charge in [-0.3, -0.25) is 9.69 Å². The van der Waals surface area contributed by atoms with Gasteiger partial charge in [0, 0.05) is 30.8 Å². The number of fused-ring (bicyclic) bond motifs is 1. The summed E-state index contributed by atoms with van der Waals surface area (Å²) in [6, 6.07) is 10.9. The fraction of sp³-hybridized carbons (Fsp3) is 0.222. The number of benzene rings is 1. The highest BCUT2D eigenvalue weighted by molar-refractivity contribution is 6.28. The van der Waals surface area contributed by atoms with E-state index in [2.05, 4.69) is 14.9 Å². The van der Waals surface area contributed by atoms with Crippen molar-refractivity contribution in [3.05, 3.63) is 69.0 Å². The SMILES string of the molecule is Nc1ccc(-c2nc3c(c(=O)[nH]2)CN(Cc2ccc(Cl)o2)CC3)cc1. The largest absolute Gasteiger partial charge is 0.448 e. The lowest BCUT2D eigenvalue weighted by Gasteiger charge is -2.26. The first-order valence-corrected chi connectivity index (χ1v) is 8.41. The maximum atomic E-state index is 12.5. The van der Waals surface area contributed by atoms with Crippen LogP contribution in [0.3, 0.4) is 0 Å². The van der Waals surface area contributed by atoms with Gasteiger partial charge in [-0.1, -0.05) is 0 Å². The maximum Gasteiger partial charge on any atom is 0.255 e. The predicted octanol–water partition coefficient (Wildman–Crippen LogP) is 2.82. The van der Waals surface area contributed by atoms with E-state index in [1.807, 2.05) is 18.2 Å². The number of nitrogen functional groups attached to an aromatic ring is 1. The molecule has 0 saturated carbocycles. The van der Waals surface area contributed by atoms with Crippen molar-refractivity contribution >= 4 is 17.3 Å². The molecular weight excluding hydrogens is 340 g/mol. The van der Waals surface area contributed by atoms with E-state index in [4.69, 9.17) is 21.8 Å². The van der Waals surface area contributed by atoms with Gasteiger partial charge >= 0.3 is 0 Å². The van der Waals surface area contributed by atoms with Crippen LogP contribution in [0.4, 0.5) is 5.69 Å². The fourth-order valence-electron chi connectivity index (χ4n) is 3.05. The average Bonchev–Trinajstić information content (AvgIpc) is 3.01. The van der Waals surface area contributed by atoms with Crippen molar-refractivity contribution in [3.8, 4) is 11.4 Å².